The first kappa shape index (κ1) is 14.3. The molecule has 2 heterocycles. The number of piperidine rings is 1. The Bertz CT molecular complexity index is 389. The van der Waals surface area contributed by atoms with E-state index in [-0.39, 0.29) is 0 Å². The zero-order valence-electron chi connectivity index (χ0n) is 12.5. The van der Waals surface area contributed by atoms with E-state index in [1.807, 2.05) is 12.4 Å². The van der Waals surface area contributed by atoms with Gasteiger partial charge in [0.05, 0.1) is 0 Å². The summed E-state index contributed by atoms with van der Waals surface area (Å²) in [5.41, 5.74) is 2.70. The quantitative estimate of drug-likeness (QED) is 0.882. The van der Waals surface area contributed by atoms with Crippen molar-refractivity contribution in [3.05, 3.63) is 24.0 Å². The number of aromatic nitrogens is 1. The summed E-state index contributed by atoms with van der Waals surface area (Å²) in [5.74, 6) is 0.689. The van der Waals surface area contributed by atoms with Crippen LogP contribution in [0.3, 0.4) is 0 Å². The van der Waals surface area contributed by atoms with E-state index in [4.69, 9.17) is 0 Å². The Morgan fingerprint density at radius 2 is 2.26 bits per heavy atom. The van der Waals surface area contributed by atoms with Gasteiger partial charge < -0.3 is 10.2 Å². The molecule has 1 fully saturated rings. The second-order valence-electron chi connectivity index (χ2n) is 6.07. The normalized spacial score (nSPS) is 20.0. The first-order chi connectivity index (χ1) is 9.18. The van der Waals surface area contributed by atoms with Gasteiger partial charge in [0.1, 0.15) is 0 Å². The van der Waals surface area contributed by atoms with Crippen LogP contribution in [0.15, 0.2) is 18.5 Å². The van der Waals surface area contributed by atoms with E-state index < -0.39 is 0 Å². The lowest BCUT2D eigenvalue weighted by Crippen LogP contribution is -2.38. The summed E-state index contributed by atoms with van der Waals surface area (Å²) in [7, 11) is 0. The largest absolute Gasteiger partial charge is 0.368 e. The molecule has 3 nitrogen and oxygen atoms in total. The van der Waals surface area contributed by atoms with Crippen LogP contribution in [-0.2, 0) is 6.54 Å². The molecule has 0 aromatic carbocycles. The van der Waals surface area contributed by atoms with Crippen LogP contribution in [0, 0.1) is 5.92 Å². The summed E-state index contributed by atoms with van der Waals surface area (Å²) >= 11 is 0. The SMILES string of the molecule is CC(C)CNCc1cnccc1N1CCCCC1C. The van der Waals surface area contributed by atoms with Crippen LogP contribution in [0.4, 0.5) is 5.69 Å². The van der Waals surface area contributed by atoms with Crippen LogP contribution in [0.25, 0.3) is 0 Å². The molecule has 2 rings (SSSR count). The predicted octanol–water partition coefficient (Wildman–Crippen LogP) is 3.21. The van der Waals surface area contributed by atoms with Gasteiger partial charge in [0.2, 0.25) is 0 Å². The van der Waals surface area contributed by atoms with Crippen LogP contribution < -0.4 is 10.2 Å². The molecule has 1 N–H and O–H groups in total. The first-order valence-electron chi connectivity index (χ1n) is 7.58. The van der Waals surface area contributed by atoms with Crippen molar-refractivity contribution in [2.45, 2.75) is 52.6 Å². The molecule has 1 aliphatic heterocycles. The van der Waals surface area contributed by atoms with E-state index in [9.17, 15) is 0 Å². The Kier molecular flexibility index (Phi) is 5.20. The van der Waals surface area contributed by atoms with Crippen LogP contribution in [-0.4, -0.2) is 24.1 Å². The number of nitrogens with one attached hydrogen (secondary N) is 1. The highest BCUT2D eigenvalue weighted by molar-refractivity contribution is 5.53. The van der Waals surface area contributed by atoms with Crippen LogP contribution in [0.2, 0.25) is 0 Å². The van der Waals surface area contributed by atoms with Gasteiger partial charge >= 0.3 is 0 Å². The molecule has 0 spiro atoms. The fourth-order valence-electron chi connectivity index (χ4n) is 2.79. The average Bonchev–Trinajstić information content (AvgIpc) is 2.40. The maximum atomic E-state index is 4.30. The number of nitrogens with zero attached hydrogens (tertiary/aromatic N) is 2. The van der Waals surface area contributed by atoms with Gasteiger partial charge in [0.15, 0.2) is 0 Å². The zero-order valence-corrected chi connectivity index (χ0v) is 12.5. The highest BCUT2D eigenvalue weighted by Crippen LogP contribution is 2.27. The maximum absolute atomic E-state index is 4.30. The Hall–Kier alpha value is -1.09. The van der Waals surface area contributed by atoms with Gasteiger partial charge in [-0.25, -0.2) is 0 Å². The van der Waals surface area contributed by atoms with Crippen molar-refractivity contribution in [3.8, 4) is 0 Å². The smallest absolute Gasteiger partial charge is 0.0445 e. The van der Waals surface area contributed by atoms with Crippen molar-refractivity contribution in [2.75, 3.05) is 18.0 Å². The molecule has 106 valence electrons. The summed E-state index contributed by atoms with van der Waals surface area (Å²) in [5, 5.41) is 3.53. The molecule has 0 saturated carbocycles. The molecule has 19 heavy (non-hydrogen) atoms. The Labute approximate surface area is 117 Å². The van der Waals surface area contributed by atoms with E-state index >= 15 is 0 Å². The Balaban J connectivity index is 2.06. The summed E-state index contributed by atoms with van der Waals surface area (Å²) in [6, 6.07) is 2.83. The molecular formula is C16H27N3. The van der Waals surface area contributed by atoms with Crippen molar-refractivity contribution in [3.63, 3.8) is 0 Å². The van der Waals surface area contributed by atoms with Gasteiger partial charge in [-0.2, -0.15) is 0 Å². The summed E-state index contributed by atoms with van der Waals surface area (Å²) < 4.78 is 0. The van der Waals surface area contributed by atoms with Crippen LogP contribution >= 0.6 is 0 Å². The number of hydrogen-bond donors (Lipinski definition) is 1. The number of pyridine rings is 1. The molecule has 1 saturated heterocycles. The predicted molar refractivity (Wildman–Crippen MR) is 81.4 cm³/mol. The Morgan fingerprint density at radius 1 is 1.42 bits per heavy atom. The second kappa shape index (κ2) is 6.90. The lowest BCUT2D eigenvalue weighted by Gasteiger charge is -2.36. The highest BCUT2D eigenvalue weighted by Gasteiger charge is 2.20. The van der Waals surface area contributed by atoms with Crippen molar-refractivity contribution in [1.82, 2.24) is 10.3 Å². The van der Waals surface area contributed by atoms with Gasteiger partial charge in [-0.1, -0.05) is 13.8 Å². The maximum Gasteiger partial charge on any atom is 0.0445 e. The van der Waals surface area contributed by atoms with Gasteiger partial charge in [-0.05, 0) is 44.7 Å². The molecular weight excluding hydrogens is 234 g/mol. The topological polar surface area (TPSA) is 28.2 Å². The van der Waals surface area contributed by atoms with Crippen molar-refractivity contribution < 1.29 is 0 Å². The first-order valence-corrected chi connectivity index (χ1v) is 7.58. The monoisotopic (exact) mass is 261 g/mol. The average molecular weight is 261 g/mol. The van der Waals surface area contributed by atoms with Gasteiger partial charge in [-0.15, -0.1) is 0 Å². The molecule has 1 aromatic heterocycles. The lowest BCUT2D eigenvalue weighted by molar-refractivity contribution is 0.482. The molecule has 1 unspecified atom stereocenters. The molecule has 0 bridgehead atoms. The number of rotatable bonds is 5. The molecule has 0 aliphatic carbocycles. The van der Waals surface area contributed by atoms with E-state index in [1.54, 1.807) is 0 Å². The Morgan fingerprint density at radius 3 is 3.00 bits per heavy atom. The van der Waals surface area contributed by atoms with E-state index in [0.717, 1.165) is 13.1 Å². The minimum absolute atomic E-state index is 0.653. The molecule has 0 amide bonds. The second-order valence-corrected chi connectivity index (χ2v) is 6.07. The number of hydrogen-bond acceptors (Lipinski definition) is 3. The molecule has 1 atom stereocenters. The highest BCUT2D eigenvalue weighted by atomic mass is 15.2. The minimum atomic E-state index is 0.653. The molecule has 3 heteroatoms. The number of anilines is 1. The molecule has 0 radical (unpaired) electrons. The van der Waals surface area contributed by atoms with E-state index in [2.05, 4.69) is 42.0 Å². The van der Waals surface area contributed by atoms with Gasteiger partial charge in [-0.3, -0.25) is 4.98 Å². The molecule has 1 aliphatic rings. The third-order valence-electron chi connectivity index (χ3n) is 3.86. The zero-order chi connectivity index (χ0) is 13.7. The van der Waals surface area contributed by atoms with Crippen molar-refractivity contribution in [2.24, 2.45) is 5.92 Å². The summed E-state index contributed by atoms with van der Waals surface area (Å²) in [6.45, 7) is 9.98. The van der Waals surface area contributed by atoms with Gasteiger partial charge in [0, 0.05) is 42.8 Å². The third-order valence-corrected chi connectivity index (χ3v) is 3.86. The van der Waals surface area contributed by atoms with Crippen molar-refractivity contribution in [1.29, 1.82) is 0 Å². The van der Waals surface area contributed by atoms with Crippen LogP contribution in [0.5, 0.6) is 0 Å². The summed E-state index contributed by atoms with van der Waals surface area (Å²) in [6.07, 6.45) is 7.92. The molecule has 1 aromatic rings. The standard InChI is InChI=1S/C16H27N3/c1-13(2)10-18-12-15-11-17-8-7-16(15)19-9-5-4-6-14(19)3/h7-8,11,13-14,18H,4-6,9-10,12H2,1-3H3. The van der Waals surface area contributed by atoms with Gasteiger partial charge in [0.25, 0.3) is 0 Å². The lowest BCUT2D eigenvalue weighted by atomic mass is 10.0. The van der Waals surface area contributed by atoms with E-state index in [0.29, 0.717) is 12.0 Å². The van der Waals surface area contributed by atoms with Crippen LogP contribution in [0.1, 0.15) is 45.6 Å². The van der Waals surface area contributed by atoms with E-state index in [1.165, 1.54) is 37.1 Å². The minimum Gasteiger partial charge on any atom is -0.368 e. The fourth-order valence-corrected chi connectivity index (χ4v) is 2.79. The van der Waals surface area contributed by atoms with Crippen molar-refractivity contribution >= 4 is 5.69 Å². The fraction of sp³-hybridized carbons (Fsp3) is 0.688. The third kappa shape index (κ3) is 3.93. The summed E-state index contributed by atoms with van der Waals surface area (Å²) in [4.78, 5) is 6.85.